The maximum absolute atomic E-state index is 12.3. The Morgan fingerprint density at radius 2 is 1.81 bits per heavy atom. The Labute approximate surface area is 164 Å². The summed E-state index contributed by atoms with van der Waals surface area (Å²) in [5.74, 6) is -0.218. The first kappa shape index (κ1) is 20.4. The molecule has 26 heavy (non-hydrogen) atoms. The van der Waals surface area contributed by atoms with Crippen molar-refractivity contribution in [3.8, 4) is 0 Å². The number of halogens is 2. The monoisotopic (exact) mass is 393 g/mol. The molecule has 2 atom stereocenters. The molecule has 0 saturated heterocycles. The zero-order chi connectivity index (χ0) is 19.1. The number of hydrogen-bond acceptors (Lipinski definition) is 2. The van der Waals surface area contributed by atoms with E-state index in [1.54, 1.807) is 12.1 Å². The average Bonchev–Trinajstić information content (AvgIpc) is 2.57. The van der Waals surface area contributed by atoms with Crippen LogP contribution in [0.2, 0.25) is 10.0 Å². The van der Waals surface area contributed by atoms with Gasteiger partial charge in [-0.2, -0.15) is 0 Å². The van der Waals surface area contributed by atoms with Crippen molar-refractivity contribution in [3.05, 3.63) is 69.7 Å². The van der Waals surface area contributed by atoms with Crippen LogP contribution < -0.4 is 10.2 Å². The van der Waals surface area contributed by atoms with Crippen molar-refractivity contribution in [2.45, 2.75) is 25.9 Å². The number of Topliss-reactive ketones (excluding diaryl/α,β-unsaturated/α-hetero) is 1. The summed E-state index contributed by atoms with van der Waals surface area (Å²) < 4.78 is 0. The molecular weight excluding hydrogens is 371 g/mol. The normalized spacial score (nSPS) is 13.1. The standard InChI is InChI=1S/C20H22Cl2N2O2/c1-14(25)19(10-15-6-4-3-5-7-15)23-20(26)13-24(2)12-16-8-9-17(21)11-18(16)22/h3-9,11,19H,10,12-13H2,1-2H3,(H,23,26)/p+1/t19-/m1/s1. The summed E-state index contributed by atoms with van der Waals surface area (Å²) in [5.41, 5.74) is 1.94. The highest BCUT2D eigenvalue weighted by molar-refractivity contribution is 6.35. The Morgan fingerprint density at radius 3 is 2.42 bits per heavy atom. The summed E-state index contributed by atoms with van der Waals surface area (Å²) in [6.07, 6.45) is 0.490. The first-order valence-electron chi connectivity index (χ1n) is 8.44. The topological polar surface area (TPSA) is 50.6 Å². The molecule has 0 saturated carbocycles. The molecule has 0 radical (unpaired) electrons. The van der Waals surface area contributed by atoms with Crippen molar-refractivity contribution in [3.63, 3.8) is 0 Å². The van der Waals surface area contributed by atoms with E-state index in [0.717, 1.165) is 16.0 Å². The van der Waals surface area contributed by atoms with Gasteiger partial charge in [0.05, 0.1) is 18.1 Å². The van der Waals surface area contributed by atoms with Crippen molar-refractivity contribution in [2.24, 2.45) is 0 Å². The highest BCUT2D eigenvalue weighted by atomic mass is 35.5. The highest BCUT2D eigenvalue weighted by Gasteiger charge is 2.20. The second kappa shape index (κ2) is 9.72. The van der Waals surface area contributed by atoms with Gasteiger partial charge in [-0.15, -0.1) is 0 Å². The third kappa shape index (κ3) is 6.45. The van der Waals surface area contributed by atoms with E-state index in [0.29, 0.717) is 23.0 Å². The van der Waals surface area contributed by atoms with Gasteiger partial charge in [0.15, 0.2) is 12.3 Å². The Morgan fingerprint density at radius 1 is 1.12 bits per heavy atom. The summed E-state index contributed by atoms with van der Waals surface area (Å²) in [6.45, 7) is 2.34. The van der Waals surface area contributed by atoms with Crippen LogP contribution in [-0.2, 0) is 22.6 Å². The van der Waals surface area contributed by atoms with Gasteiger partial charge in [-0.05, 0) is 31.0 Å². The predicted octanol–water partition coefficient (Wildman–Crippen LogP) is 2.32. The zero-order valence-electron chi connectivity index (χ0n) is 14.9. The largest absolute Gasteiger partial charge is 0.341 e. The van der Waals surface area contributed by atoms with E-state index in [2.05, 4.69) is 5.32 Å². The molecule has 0 heterocycles. The molecule has 0 aliphatic carbocycles. The lowest BCUT2D eigenvalue weighted by Gasteiger charge is -2.19. The Hall–Kier alpha value is -1.88. The number of quaternary nitrogens is 1. The lowest BCUT2D eigenvalue weighted by Crippen LogP contribution is -3.09. The number of benzene rings is 2. The van der Waals surface area contributed by atoms with E-state index in [1.165, 1.54) is 6.92 Å². The first-order valence-corrected chi connectivity index (χ1v) is 9.19. The molecule has 1 unspecified atom stereocenters. The summed E-state index contributed by atoms with van der Waals surface area (Å²) in [7, 11) is 1.91. The summed E-state index contributed by atoms with van der Waals surface area (Å²) in [6, 6.07) is 14.5. The predicted molar refractivity (Wildman–Crippen MR) is 105 cm³/mol. The number of carbonyl (C=O) groups is 2. The molecule has 2 rings (SSSR count). The van der Waals surface area contributed by atoms with E-state index in [9.17, 15) is 9.59 Å². The minimum Gasteiger partial charge on any atom is -0.341 e. The van der Waals surface area contributed by atoms with Crippen LogP contribution in [0.1, 0.15) is 18.1 Å². The highest BCUT2D eigenvalue weighted by Crippen LogP contribution is 2.20. The van der Waals surface area contributed by atoms with Crippen molar-refractivity contribution < 1.29 is 14.5 Å². The lowest BCUT2D eigenvalue weighted by atomic mass is 10.0. The molecule has 2 aromatic rings. The maximum atomic E-state index is 12.3. The Balaban J connectivity index is 1.91. The summed E-state index contributed by atoms with van der Waals surface area (Å²) in [5, 5.41) is 4.01. The fraction of sp³-hybridized carbons (Fsp3) is 0.300. The van der Waals surface area contributed by atoms with E-state index >= 15 is 0 Å². The number of nitrogens with one attached hydrogen (secondary N) is 2. The number of amides is 1. The molecule has 0 aliphatic rings. The SMILES string of the molecule is CC(=O)[C@@H](Cc1ccccc1)NC(=O)C[NH+](C)Cc1ccc(Cl)cc1Cl. The smallest absolute Gasteiger partial charge is 0.275 e. The van der Waals surface area contributed by atoms with Crippen LogP contribution in [-0.4, -0.2) is 31.3 Å². The first-order chi connectivity index (χ1) is 12.3. The molecule has 138 valence electrons. The van der Waals surface area contributed by atoms with E-state index < -0.39 is 6.04 Å². The van der Waals surface area contributed by atoms with Gasteiger partial charge in [0.2, 0.25) is 0 Å². The van der Waals surface area contributed by atoms with Crippen LogP contribution in [0.4, 0.5) is 0 Å². The van der Waals surface area contributed by atoms with Crippen LogP contribution in [0.15, 0.2) is 48.5 Å². The minimum absolute atomic E-state index is 0.0550. The van der Waals surface area contributed by atoms with Crippen molar-refractivity contribution in [1.29, 1.82) is 0 Å². The zero-order valence-corrected chi connectivity index (χ0v) is 16.4. The minimum atomic E-state index is -0.517. The second-order valence-corrected chi connectivity index (χ2v) is 7.31. The molecule has 2 N–H and O–H groups in total. The van der Waals surface area contributed by atoms with Crippen LogP contribution in [0, 0.1) is 0 Å². The number of rotatable bonds is 8. The van der Waals surface area contributed by atoms with Gasteiger partial charge < -0.3 is 10.2 Å². The molecule has 2 aromatic carbocycles. The van der Waals surface area contributed by atoms with Gasteiger partial charge >= 0.3 is 0 Å². The van der Waals surface area contributed by atoms with E-state index in [4.69, 9.17) is 23.2 Å². The maximum Gasteiger partial charge on any atom is 0.275 e. The Kier molecular flexibility index (Phi) is 7.64. The fourth-order valence-corrected chi connectivity index (χ4v) is 3.19. The van der Waals surface area contributed by atoms with Gasteiger partial charge in [0.25, 0.3) is 5.91 Å². The molecular formula is C20H23Cl2N2O2+. The van der Waals surface area contributed by atoms with Gasteiger partial charge in [-0.3, -0.25) is 9.59 Å². The quantitative estimate of drug-likeness (QED) is 0.722. The third-order valence-electron chi connectivity index (χ3n) is 4.08. The van der Waals surface area contributed by atoms with Crippen LogP contribution in [0.3, 0.4) is 0 Å². The molecule has 6 heteroatoms. The summed E-state index contributed by atoms with van der Waals surface area (Å²) in [4.78, 5) is 25.2. The molecule has 4 nitrogen and oxygen atoms in total. The number of carbonyl (C=O) groups excluding carboxylic acids is 2. The van der Waals surface area contributed by atoms with Gasteiger partial charge in [0, 0.05) is 10.6 Å². The van der Waals surface area contributed by atoms with Gasteiger partial charge in [0.1, 0.15) is 6.54 Å². The third-order valence-corrected chi connectivity index (χ3v) is 4.67. The molecule has 0 bridgehead atoms. The van der Waals surface area contributed by atoms with Gasteiger partial charge in [-0.1, -0.05) is 59.6 Å². The number of likely N-dealkylation sites (N-methyl/N-ethyl adjacent to an activating group) is 1. The molecule has 1 amide bonds. The van der Waals surface area contributed by atoms with E-state index in [1.807, 2.05) is 43.4 Å². The second-order valence-electron chi connectivity index (χ2n) is 6.47. The van der Waals surface area contributed by atoms with Crippen molar-refractivity contribution in [2.75, 3.05) is 13.6 Å². The van der Waals surface area contributed by atoms with Crippen molar-refractivity contribution >= 4 is 34.9 Å². The molecule has 0 aliphatic heterocycles. The van der Waals surface area contributed by atoms with Gasteiger partial charge in [-0.25, -0.2) is 0 Å². The van der Waals surface area contributed by atoms with Crippen molar-refractivity contribution in [1.82, 2.24) is 5.32 Å². The average molecular weight is 394 g/mol. The molecule has 0 spiro atoms. The number of hydrogen-bond donors (Lipinski definition) is 2. The Bertz CT molecular complexity index is 766. The molecule has 0 aromatic heterocycles. The number of ketones is 1. The molecule has 0 fully saturated rings. The van der Waals surface area contributed by atoms with E-state index in [-0.39, 0.29) is 18.2 Å². The van der Waals surface area contributed by atoms with Crippen LogP contribution in [0.5, 0.6) is 0 Å². The lowest BCUT2D eigenvalue weighted by molar-refractivity contribution is -0.885. The summed E-state index contributed by atoms with van der Waals surface area (Å²) >= 11 is 12.1. The van der Waals surface area contributed by atoms with Crippen LogP contribution in [0.25, 0.3) is 0 Å². The van der Waals surface area contributed by atoms with Crippen LogP contribution >= 0.6 is 23.2 Å². The fourth-order valence-electron chi connectivity index (χ4n) is 2.72.